The van der Waals surface area contributed by atoms with E-state index in [9.17, 15) is 13.2 Å². The lowest BCUT2D eigenvalue weighted by Crippen LogP contribution is -2.23. The molecule has 19 heavy (non-hydrogen) atoms. The fourth-order valence-corrected chi connectivity index (χ4v) is 1.68. The number of rotatable bonds is 5. The summed E-state index contributed by atoms with van der Waals surface area (Å²) < 4.78 is 38.3. The molecule has 0 atom stereocenters. The maximum atomic E-state index is 12.2. The highest BCUT2D eigenvalue weighted by atomic mass is 19.4. The first-order valence-electron chi connectivity index (χ1n) is 5.75. The molecule has 4 nitrogen and oxygen atoms in total. The van der Waals surface area contributed by atoms with Crippen LogP contribution in [0.2, 0.25) is 0 Å². The summed E-state index contributed by atoms with van der Waals surface area (Å²) in [5, 5.41) is 22.0. The van der Waals surface area contributed by atoms with Gasteiger partial charge in [-0.05, 0) is 18.9 Å². The van der Waals surface area contributed by atoms with E-state index in [-0.39, 0.29) is 6.42 Å². The van der Waals surface area contributed by atoms with Crippen molar-refractivity contribution in [3.8, 4) is 12.1 Å². The number of hydrogen-bond acceptors (Lipinski definition) is 3. The van der Waals surface area contributed by atoms with E-state index in [0.717, 1.165) is 0 Å². The van der Waals surface area contributed by atoms with Crippen LogP contribution in [0.3, 0.4) is 0 Å². The van der Waals surface area contributed by atoms with Crippen molar-refractivity contribution in [1.82, 2.24) is 9.78 Å². The van der Waals surface area contributed by atoms with Crippen molar-refractivity contribution in [3.63, 3.8) is 0 Å². The lowest BCUT2D eigenvalue weighted by Gasteiger charge is -2.18. The third kappa shape index (κ3) is 4.29. The van der Waals surface area contributed by atoms with Crippen LogP contribution in [-0.2, 0) is 13.0 Å². The number of nitriles is 2. The average Bonchev–Trinajstić information content (AvgIpc) is 2.81. The molecular formula is C12H13F3N4. The van der Waals surface area contributed by atoms with Gasteiger partial charge >= 0.3 is 6.18 Å². The fraction of sp³-hybridized carbons (Fsp3) is 0.583. The van der Waals surface area contributed by atoms with Gasteiger partial charge in [0.25, 0.3) is 0 Å². The van der Waals surface area contributed by atoms with Gasteiger partial charge in [0.05, 0.1) is 18.3 Å². The van der Waals surface area contributed by atoms with Crippen molar-refractivity contribution in [1.29, 1.82) is 10.5 Å². The van der Waals surface area contributed by atoms with Gasteiger partial charge in [0.15, 0.2) is 0 Å². The van der Waals surface area contributed by atoms with Crippen LogP contribution in [0.5, 0.6) is 0 Å². The number of aryl methyl sites for hydroxylation is 1. The predicted octanol–water partition coefficient (Wildman–Crippen LogP) is 2.82. The zero-order chi connectivity index (χ0) is 14.5. The molecule has 7 heteroatoms. The van der Waals surface area contributed by atoms with E-state index < -0.39 is 24.4 Å². The molecule has 0 aromatic carbocycles. The Morgan fingerprint density at radius 1 is 1.26 bits per heavy atom. The molecule has 0 radical (unpaired) electrons. The Balaban J connectivity index is 2.83. The Labute approximate surface area is 109 Å². The van der Waals surface area contributed by atoms with Crippen molar-refractivity contribution in [2.45, 2.75) is 38.9 Å². The van der Waals surface area contributed by atoms with Crippen molar-refractivity contribution in [2.75, 3.05) is 0 Å². The number of alkyl halides is 3. The molecule has 0 spiro atoms. The average molecular weight is 270 g/mol. The molecule has 0 aliphatic heterocycles. The highest BCUT2D eigenvalue weighted by Crippen LogP contribution is 2.32. The number of hydrogen-bond donors (Lipinski definition) is 0. The van der Waals surface area contributed by atoms with E-state index in [2.05, 4.69) is 5.10 Å². The maximum Gasteiger partial charge on any atom is 0.389 e. The summed E-state index contributed by atoms with van der Waals surface area (Å²) in [7, 11) is 0. The molecule has 1 heterocycles. The van der Waals surface area contributed by atoms with E-state index in [1.165, 1.54) is 6.20 Å². The third-order valence-corrected chi connectivity index (χ3v) is 2.78. The summed E-state index contributed by atoms with van der Waals surface area (Å²) in [6, 6.07) is 3.43. The van der Waals surface area contributed by atoms with Gasteiger partial charge in [0.2, 0.25) is 0 Å². The first-order chi connectivity index (χ1) is 8.84. The van der Waals surface area contributed by atoms with Gasteiger partial charge in [-0.2, -0.15) is 28.8 Å². The van der Waals surface area contributed by atoms with E-state index in [4.69, 9.17) is 10.5 Å². The minimum absolute atomic E-state index is 0.0456. The normalized spacial score (nSPS) is 11.9. The van der Waals surface area contributed by atoms with Gasteiger partial charge < -0.3 is 0 Å². The lowest BCUT2D eigenvalue weighted by atomic mass is 9.81. The highest BCUT2D eigenvalue weighted by Gasteiger charge is 2.37. The van der Waals surface area contributed by atoms with E-state index >= 15 is 0 Å². The summed E-state index contributed by atoms with van der Waals surface area (Å²) in [4.78, 5) is 0. The summed E-state index contributed by atoms with van der Waals surface area (Å²) in [6.07, 6.45) is -2.98. The molecule has 0 fully saturated rings. The SMILES string of the molecule is CCn1cc(CC(C#N)(C#N)CCC(F)(F)F)cn1. The van der Waals surface area contributed by atoms with Crippen molar-refractivity contribution < 1.29 is 13.2 Å². The van der Waals surface area contributed by atoms with Gasteiger partial charge in [-0.25, -0.2) is 0 Å². The number of halogens is 3. The van der Waals surface area contributed by atoms with Crippen LogP contribution < -0.4 is 0 Å². The monoisotopic (exact) mass is 270 g/mol. The zero-order valence-electron chi connectivity index (χ0n) is 10.4. The molecule has 0 bridgehead atoms. The van der Waals surface area contributed by atoms with Gasteiger partial charge in [0, 0.05) is 25.6 Å². The second-order valence-corrected chi connectivity index (χ2v) is 4.30. The second kappa shape index (κ2) is 5.75. The molecule has 0 saturated carbocycles. The summed E-state index contributed by atoms with van der Waals surface area (Å²) in [5.74, 6) is 0. The Hall–Kier alpha value is -2.02. The molecule has 1 aromatic rings. The quantitative estimate of drug-likeness (QED) is 0.826. The van der Waals surface area contributed by atoms with Gasteiger partial charge in [-0.3, -0.25) is 4.68 Å². The van der Waals surface area contributed by atoms with Gasteiger partial charge in [-0.1, -0.05) is 0 Å². The predicted molar refractivity (Wildman–Crippen MR) is 60.6 cm³/mol. The molecule has 1 aromatic heterocycles. The largest absolute Gasteiger partial charge is 0.389 e. The van der Waals surface area contributed by atoms with Crippen LogP contribution in [0, 0.1) is 28.1 Å². The first kappa shape index (κ1) is 15.0. The smallest absolute Gasteiger partial charge is 0.273 e. The van der Waals surface area contributed by atoms with Gasteiger partial charge in [-0.15, -0.1) is 0 Å². The molecule has 102 valence electrons. The van der Waals surface area contributed by atoms with Crippen LogP contribution in [0.4, 0.5) is 13.2 Å². The van der Waals surface area contributed by atoms with E-state index in [1.807, 2.05) is 6.92 Å². The minimum Gasteiger partial charge on any atom is -0.273 e. The lowest BCUT2D eigenvalue weighted by molar-refractivity contribution is -0.138. The van der Waals surface area contributed by atoms with E-state index in [0.29, 0.717) is 12.1 Å². The fourth-order valence-electron chi connectivity index (χ4n) is 1.68. The molecule has 1 rings (SSSR count). The van der Waals surface area contributed by atoms with Crippen LogP contribution in [0.15, 0.2) is 12.4 Å². The Morgan fingerprint density at radius 2 is 1.89 bits per heavy atom. The molecule has 0 aliphatic rings. The minimum atomic E-state index is -4.37. The van der Waals surface area contributed by atoms with Crippen molar-refractivity contribution >= 4 is 0 Å². The maximum absolute atomic E-state index is 12.2. The topological polar surface area (TPSA) is 65.4 Å². The van der Waals surface area contributed by atoms with Crippen LogP contribution >= 0.6 is 0 Å². The summed E-state index contributed by atoms with van der Waals surface area (Å²) in [5.41, 5.74) is -1.07. The molecule has 0 amide bonds. The van der Waals surface area contributed by atoms with E-state index in [1.54, 1.807) is 23.0 Å². The third-order valence-electron chi connectivity index (χ3n) is 2.78. The standard InChI is InChI=1S/C12H13F3N4/c1-2-19-7-10(6-18-19)5-11(8-16,9-17)3-4-12(13,14)15/h6-7H,2-5H2,1H3. The summed E-state index contributed by atoms with van der Waals surface area (Å²) in [6.45, 7) is 2.48. The number of aromatic nitrogens is 2. The van der Waals surface area contributed by atoms with Crippen molar-refractivity contribution in [2.24, 2.45) is 5.41 Å². The molecule has 0 N–H and O–H groups in total. The number of nitrogens with zero attached hydrogens (tertiary/aromatic N) is 4. The molecule has 0 aliphatic carbocycles. The Kier molecular flexibility index (Phi) is 4.55. The zero-order valence-corrected chi connectivity index (χ0v) is 10.4. The molecule has 0 unspecified atom stereocenters. The second-order valence-electron chi connectivity index (χ2n) is 4.30. The molecular weight excluding hydrogens is 257 g/mol. The van der Waals surface area contributed by atoms with Crippen LogP contribution in [0.1, 0.15) is 25.3 Å². The van der Waals surface area contributed by atoms with Crippen LogP contribution in [0.25, 0.3) is 0 Å². The molecule has 0 saturated heterocycles. The Morgan fingerprint density at radius 3 is 2.32 bits per heavy atom. The van der Waals surface area contributed by atoms with Gasteiger partial charge in [0.1, 0.15) is 5.41 Å². The van der Waals surface area contributed by atoms with Crippen molar-refractivity contribution in [3.05, 3.63) is 18.0 Å². The summed E-state index contributed by atoms with van der Waals surface area (Å²) >= 11 is 0. The Bertz CT molecular complexity index is 490. The highest BCUT2D eigenvalue weighted by molar-refractivity contribution is 5.21. The van der Waals surface area contributed by atoms with Crippen LogP contribution in [-0.4, -0.2) is 16.0 Å². The first-order valence-corrected chi connectivity index (χ1v) is 5.75.